The minimum Gasteiger partial charge on any atom is -0.351 e. The third-order valence-corrected chi connectivity index (χ3v) is 3.15. The van der Waals surface area contributed by atoms with E-state index in [1.165, 1.54) is 19.1 Å². The number of amides is 2. The highest BCUT2D eigenvalue weighted by atomic mass is 19.1. The average molecular weight is 308 g/mol. The second-order valence-corrected chi connectivity index (χ2v) is 6.43. The summed E-state index contributed by atoms with van der Waals surface area (Å²) in [5.41, 5.74) is 0.693. The Balaban J connectivity index is 2.47. The first-order valence-electron chi connectivity index (χ1n) is 7.48. The number of hydrogen-bond acceptors (Lipinski definition) is 2. The lowest BCUT2D eigenvalue weighted by atomic mass is 10.1. The quantitative estimate of drug-likeness (QED) is 0.878. The van der Waals surface area contributed by atoms with Crippen LogP contribution in [0.4, 0.5) is 4.39 Å². The van der Waals surface area contributed by atoms with E-state index in [1.807, 2.05) is 20.8 Å². The molecule has 0 saturated carbocycles. The summed E-state index contributed by atoms with van der Waals surface area (Å²) in [6, 6.07) is 6.23. The number of nitrogens with one attached hydrogen (secondary N) is 1. The number of hydrogen-bond donors (Lipinski definition) is 1. The van der Waals surface area contributed by atoms with Crippen LogP contribution >= 0.6 is 0 Å². The molecule has 5 heteroatoms. The maximum absolute atomic E-state index is 12.8. The molecular formula is C17H25FN2O2. The van der Waals surface area contributed by atoms with Crippen LogP contribution < -0.4 is 5.32 Å². The molecule has 0 fully saturated rings. The van der Waals surface area contributed by atoms with Crippen molar-refractivity contribution in [3.63, 3.8) is 0 Å². The first kappa shape index (κ1) is 18.1. The molecule has 122 valence electrons. The van der Waals surface area contributed by atoms with Gasteiger partial charge in [-0.05, 0) is 44.9 Å². The lowest BCUT2D eigenvalue weighted by Gasteiger charge is -2.24. The first-order chi connectivity index (χ1) is 10.2. The van der Waals surface area contributed by atoms with E-state index >= 15 is 0 Å². The molecule has 0 spiro atoms. The molecule has 4 nitrogen and oxygen atoms in total. The van der Waals surface area contributed by atoms with Gasteiger partial charge in [-0.2, -0.15) is 0 Å². The van der Waals surface area contributed by atoms with Crippen LogP contribution in [-0.2, 0) is 16.0 Å². The van der Waals surface area contributed by atoms with Crippen LogP contribution in [0.15, 0.2) is 24.3 Å². The predicted molar refractivity (Wildman–Crippen MR) is 84.9 cm³/mol. The van der Waals surface area contributed by atoms with Crippen LogP contribution in [0, 0.1) is 5.82 Å². The van der Waals surface area contributed by atoms with Gasteiger partial charge < -0.3 is 10.2 Å². The Morgan fingerprint density at radius 2 is 1.73 bits per heavy atom. The van der Waals surface area contributed by atoms with E-state index in [2.05, 4.69) is 5.32 Å². The molecule has 1 aromatic rings. The smallest absolute Gasteiger partial charge is 0.222 e. The number of halogens is 1. The number of carbonyl (C=O) groups excluding carboxylic acids is 2. The van der Waals surface area contributed by atoms with E-state index in [1.54, 1.807) is 17.0 Å². The lowest BCUT2D eigenvalue weighted by Crippen LogP contribution is -2.42. The van der Waals surface area contributed by atoms with E-state index in [-0.39, 0.29) is 29.6 Å². The van der Waals surface area contributed by atoms with Gasteiger partial charge in [0.25, 0.3) is 0 Å². The monoisotopic (exact) mass is 308 g/mol. The highest BCUT2D eigenvalue weighted by Crippen LogP contribution is 2.06. The van der Waals surface area contributed by atoms with Crippen molar-refractivity contribution in [1.29, 1.82) is 0 Å². The van der Waals surface area contributed by atoms with Crippen molar-refractivity contribution in [1.82, 2.24) is 10.2 Å². The van der Waals surface area contributed by atoms with Gasteiger partial charge in [0, 0.05) is 32.0 Å². The maximum atomic E-state index is 12.8. The van der Waals surface area contributed by atoms with Gasteiger partial charge in [-0.3, -0.25) is 9.59 Å². The van der Waals surface area contributed by atoms with Crippen LogP contribution in [0.5, 0.6) is 0 Å². The van der Waals surface area contributed by atoms with Crippen LogP contribution in [0.1, 0.15) is 39.7 Å². The average Bonchev–Trinajstić information content (AvgIpc) is 2.38. The third-order valence-electron chi connectivity index (χ3n) is 3.15. The third kappa shape index (κ3) is 7.20. The van der Waals surface area contributed by atoms with Gasteiger partial charge >= 0.3 is 0 Å². The Hall–Kier alpha value is -1.91. The fourth-order valence-electron chi connectivity index (χ4n) is 2.06. The number of benzene rings is 1. The number of carbonyl (C=O) groups is 2. The molecule has 22 heavy (non-hydrogen) atoms. The molecule has 0 heterocycles. The van der Waals surface area contributed by atoms with Crippen LogP contribution in [-0.4, -0.2) is 35.3 Å². The highest BCUT2D eigenvalue weighted by Gasteiger charge is 2.16. The summed E-state index contributed by atoms with van der Waals surface area (Å²) < 4.78 is 12.8. The molecule has 1 aromatic carbocycles. The Bertz CT molecular complexity index is 506. The molecule has 0 saturated heterocycles. The summed E-state index contributed by atoms with van der Waals surface area (Å²) in [6.45, 7) is 8.15. The summed E-state index contributed by atoms with van der Waals surface area (Å²) >= 11 is 0. The fourth-order valence-corrected chi connectivity index (χ4v) is 2.06. The van der Waals surface area contributed by atoms with Crippen molar-refractivity contribution in [2.75, 3.05) is 13.1 Å². The lowest BCUT2D eigenvalue weighted by molar-refractivity contribution is -0.129. The molecule has 0 aliphatic carbocycles. The van der Waals surface area contributed by atoms with Crippen molar-refractivity contribution in [2.45, 2.75) is 46.1 Å². The summed E-state index contributed by atoms with van der Waals surface area (Å²) in [6.07, 6.45) is 0.918. The zero-order valence-electron chi connectivity index (χ0n) is 13.8. The minimum absolute atomic E-state index is 0.0642. The van der Waals surface area contributed by atoms with E-state index in [4.69, 9.17) is 0 Å². The predicted octanol–water partition coefficient (Wildman–Crippen LogP) is 2.52. The van der Waals surface area contributed by atoms with Gasteiger partial charge in [0.2, 0.25) is 11.8 Å². The Kier molecular flexibility index (Phi) is 6.53. The standard InChI is InChI=1S/C17H25FN2O2/c1-13(21)20(12-10-16(22)19-17(2,3)4)11-9-14-5-7-15(18)8-6-14/h5-8H,9-12H2,1-4H3,(H,19,22). The molecule has 2 amide bonds. The van der Waals surface area contributed by atoms with Crippen molar-refractivity contribution in [3.8, 4) is 0 Å². The molecule has 0 aliphatic heterocycles. The minimum atomic E-state index is -0.272. The van der Waals surface area contributed by atoms with Crippen LogP contribution in [0.25, 0.3) is 0 Å². The SMILES string of the molecule is CC(=O)N(CCC(=O)NC(C)(C)C)CCc1ccc(F)cc1. The van der Waals surface area contributed by atoms with E-state index in [0.29, 0.717) is 19.5 Å². The second-order valence-electron chi connectivity index (χ2n) is 6.43. The van der Waals surface area contributed by atoms with Crippen molar-refractivity contribution >= 4 is 11.8 Å². The Morgan fingerprint density at radius 3 is 2.23 bits per heavy atom. The summed E-state index contributed by atoms with van der Waals surface area (Å²) in [5, 5.41) is 2.87. The summed E-state index contributed by atoms with van der Waals surface area (Å²) in [4.78, 5) is 25.1. The largest absolute Gasteiger partial charge is 0.351 e. The number of nitrogens with zero attached hydrogens (tertiary/aromatic N) is 1. The molecule has 0 unspecified atom stereocenters. The van der Waals surface area contributed by atoms with E-state index in [9.17, 15) is 14.0 Å². The molecule has 0 aliphatic rings. The van der Waals surface area contributed by atoms with Gasteiger partial charge in [0.1, 0.15) is 5.82 Å². The van der Waals surface area contributed by atoms with Crippen LogP contribution in [0.3, 0.4) is 0 Å². The molecule has 0 aromatic heterocycles. The van der Waals surface area contributed by atoms with Gasteiger partial charge in [-0.1, -0.05) is 12.1 Å². The van der Waals surface area contributed by atoms with Crippen molar-refractivity contribution in [2.24, 2.45) is 0 Å². The van der Waals surface area contributed by atoms with E-state index < -0.39 is 0 Å². The molecule has 0 atom stereocenters. The van der Waals surface area contributed by atoms with Gasteiger partial charge in [-0.15, -0.1) is 0 Å². The maximum Gasteiger partial charge on any atom is 0.222 e. The summed E-state index contributed by atoms with van der Waals surface area (Å²) in [7, 11) is 0. The molecule has 0 radical (unpaired) electrons. The highest BCUT2D eigenvalue weighted by molar-refractivity contribution is 5.78. The van der Waals surface area contributed by atoms with E-state index in [0.717, 1.165) is 5.56 Å². The molecule has 1 rings (SSSR count). The second kappa shape index (κ2) is 7.92. The summed E-state index contributed by atoms with van der Waals surface area (Å²) in [5.74, 6) is -0.405. The molecule has 1 N–H and O–H groups in total. The van der Waals surface area contributed by atoms with Gasteiger partial charge in [0.05, 0.1) is 0 Å². The molecule has 0 bridgehead atoms. The fraction of sp³-hybridized carbons (Fsp3) is 0.529. The topological polar surface area (TPSA) is 49.4 Å². The zero-order chi connectivity index (χ0) is 16.8. The van der Waals surface area contributed by atoms with Crippen molar-refractivity contribution in [3.05, 3.63) is 35.6 Å². The zero-order valence-corrected chi connectivity index (χ0v) is 13.8. The van der Waals surface area contributed by atoms with Crippen LogP contribution in [0.2, 0.25) is 0 Å². The Labute approximate surface area is 131 Å². The normalized spacial score (nSPS) is 11.1. The first-order valence-corrected chi connectivity index (χ1v) is 7.48. The van der Waals surface area contributed by atoms with Gasteiger partial charge in [0.15, 0.2) is 0 Å². The Morgan fingerprint density at radius 1 is 1.14 bits per heavy atom. The van der Waals surface area contributed by atoms with Crippen molar-refractivity contribution < 1.29 is 14.0 Å². The molecular weight excluding hydrogens is 283 g/mol. The van der Waals surface area contributed by atoms with Gasteiger partial charge in [-0.25, -0.2) is 4.39 Å². The number of rotatable bonds is 6.